The fraction of sp³-hybridized carbons (Fsp3) is 0.647. The minimum Gasteiger partial charge on any atom is -0.324 e. The molecule has 4 atom stereocenters. The van der Waals surface area contributed by atoms with Gasteiger partial charge in [0.05, 0.1) is 0 Å². The molecule has 2 N–H and O–H groups in total. The molecule has 110 valence electrons. The first kappa shape index (κ1) is 14.0. The average Bonchev–Trinajstić information content (AvgIpc) is 2.49. The van der Waals surface area contributed by atoms with E-state index in [0.29, 0.717) is 11.5 Å². The minimum atomic E-state index is -0.788. The Bertz CT molecular complexity index is 474. The second kappa shape index (κ2) is 5.80. The summed E-state index contributed by atoms with van der Waals surface area (Å²) in [5.74, 6) is 0.357. The quantitative estimate of drug-likeness (QED) is 0.843. The highest BCUT2D eigenvalue weighted by Gasteiger charge is 2.35. The van der Waals surface area contributed by atoms with Gasteiger partial charge in [0.15, 0.2) is 11.6 Å². The van der Waals surface area contributed by atoms with Crippen LogP contribution < -0.4 is 5.73 Å². The van der Waals surface area contributed by atoms with Crippen molar-refractivity contribution >= 4 is 0 Å². The maximum absolute atomic E-state index is 13.9. The Morgan fingerprint density at radius 2 is 1.75 bits per heavy atom. The van der Waals surface area contributed by atoms with Gasteiger partial charge in [-0.05, 0) is 43.1 Å². The number of rotatable bonds is 2. The lowest BCUT2D eigenvalue weighted by atomic mass is 9.65. The first-order valence-electron chi connectivity index (χ1n) is 7.86. The molecule has 2 aliphatic rings. The zero-order chi connectivity index (χ0) is 14.1. The van der Waals surface area contributed by atoms with E-state index >= 15 is 0 Å². The predicted octanol–water partition coefficient (Wildman–Crippen LogP) is 4.57. The monoisotopic (exact) mass is 279 g/mol. The Morgan fingerprint density at radius 1 is 1.00 bits per heavy atom. The second-order valence-electron chi connectivity index (χ2n) is 6.55. The molecule has 0 radical (unpaired) electrons. The summed E-state index contributed by atoms with van der Waals surface area (Å²) in [4.78, 5) is 0. The lowest BCUT2D eigenvalue weighted by Gasteiger charge is -2.41. The zero-order valence-corrected chi connectivity index (χ0v) is 11.8. The Kier molecular flexibility index (Phi) is 4.06. The number of nitrogens with two attached hydrogens (primary N) is 1. The van der Waals surface area contributed by atoms with Crippen LogP contribution in [0.1, 0.15) is 56.6 Å². The van der Waals surface area contributed by atoms with Gasteiger partial charge in [-0.25, -0.2) is 8.78 Å². The van der Waals surface area contributed by atoms with Crippen LogP contribution in [-0.4, -0.2) is 0 Å². The molecular weight excluding hydrogens is 256 g/mol. The van der Waals surface area contributed by atoms with Crippen LogP contribution in [0, 0.1) is 29.4 Å². The first-order chi connectivity index (χ1) is 9.66. The maximum atomic E-state index is 13.9. The van der Waals surface area contributed by atoms with E-state index in [9.17, 15) is 8.78 Å². The van der Waals surface area contributed by atoms with Crippen LogP contribution in [-0.2, 0) is 0 Å². The average molecular weight is 279 g/mol. The Labute approximate surface area is 119 Å². The van der Waals surface area contributed by atoms with Gasteiger partial charge < -0.3 is 5.73 Å². The fourth-order valence-electron chi connectivity index (χ4n) is 4.27. The fourth-order valence-corrected chi connectivity index (χ4v) is 4.27. The molecule has 2 fully saturated rings. The van der Waals surface area contributed by atoms with E-state index in [2.05, 4.69) is 0 Å². The van der Waals surface area contributed by atoms with E-state index in [4.69, 9.17) is 5.73 Å². The number of fused-ring (bicyclic) bond motifs is 1. The third-order valence-electron chi connectivity index (χ3n) is 5.43. The standard InChI is InChI=1S/C17H23F2N/c18-15-7-3-6-14(16(15)19)17(20)13-9-8-11-4-1-2-5-12(11)10-13/h3,6-7,11-13,17H,1-2,4-5,8-10,20H2. The number of hydrogen-bond donors (Lipinski definition) is 1. The van der Waals surface area contributed by atoms with Crippen molar-refractivity contribution in [2.45, 2.75) is 51.0 Å². The summed E-state index contributed by atoms with van der Waals surface area (Å²) in [5.41, 5.74) is 6.61. The molecule has 1 nitrogen and oxygen atoms in total. The van der Waals surface area contributed by atoms with Gasteiger partial charge in [0.1, 0.15) is 0 Å². The van der Waals surface area contributed by atoms with Crippen LogP contribution in [0.4, 0.5) is 8.78 Å². The normalized spacial score (nSPS) is 31.6. The van der Waals surface area contributed by atoms with Crippen molar-refractivity contribution in [3.05, 3.63) is 35.4 Å². The van der Waals surface area contributed by atoms with Crippen LogP contribution in [0.25, 0.3) is 0 Å². The minimum absolute atomic E-state index is 0.297. The van der Waals surface area contributed by atoms with Crippen molar-refractivity contribution in [3.63, 3.8) is 0 Å². The summed E-state index contributed by atoms with van der Waals surface area (Å²) in [6, 6.07) is 3.98. The molecule has 0 saturated heterocycles. The van der Waals surface area contributed by atoms with Crippen LogP contribution in [0.15, 0.2) is 18.2 Å². The van der Waals surface area contributed by atoms with Crippen molar-refractivity contribution in [3.8, 4) is 0 Å². The first-order valence-corrected chi connectivity index (χ1v) is 7.86. The van der Waals surface area contributed by atoms with Gasteiger partial charge in [0.25, 0.3) is 0 Å². The molecule has 1 aromatic carbocycles. The molecule has 1 aromatic rings. The number of benzene rings is 1. The van der Waals surface area contributed by atoms with Gasteiger partial charge in [-0.2, -0.15) is 0 Å². The molecular formula is C17H23F2N. The molecule has 0 aromatic heterocycles. The molecule has 3 heteroatoms. The molecule has 2 saturated carbocycles. The Balaban J connectivity index is 1.74. The van der Waals surface area contributed by atoms with Crippen LogP contribution in [0.5, 0.6) is 0 Å². The van der Waals surface area contributed by atoms with Gasteiger partial charge in [-0.1, -0.05) is 37.8 Å². The summed E-state index contributed by atoms with van der Waals surface area (Å²) < 4.78 is 27.2. The molecule has 0 bridgehead atoms. The number of halogens is 2. The predicted molar refractivity (Wildman–Crippen MR) is 76.1 cm³/mol. The lowest BCUT2D eigenvalue weighted by molar-refractivity contribution is 0.116. The van der Waals surface area contributed by atoms with Gasteiger partial charge in [-0.3, -0.25) is 0 Å². The highest BCUT2D eigenvalue weighted by molar-refractivity contribution is 5.23. The largest absolute Gasteiger partial charge is 0.324 e. The smallest absolute Gasteiger partial charge is 0.163 e. The maximum Gasteiger partial charge on any atom is 0.163 e. The highest BCUT2D eigenvalue weighted by Crippen LogP contribution is 2.45. The van der Waals surface area contributed by atoms with Crippen molar-refractivity contribution in [2.24, 2.45) is 23.5 Å². The third kappa shape index (κ3) is 2.60. The van der Waals surface area contributed by atoms with E-state index in [1.165, 1.54) is 32.1 Å². The summed E-state index contributed by atoms with van der Waals surface area (Å²) in [6.45, 7) is 0. The third-order valence-corrected chi connectivity index (χ3v) is 5.43. The topological polar surface area (TPSA) is 26.0 Å². The molecule has 2 aliphatic carbocycles. The Morgan fingerprint density at radius 3 is 2.55 bits per heavy atom. The SMILES string of the molecule is NC(c1cccc(F)c1F)C1CCC2CCCCC2C1. The van der Waals surface area contributed by atoms with Gasteiger partial charge in [0, 0.05) is 11.6 Å². The highest BCUT2D eigenvalue weighted by atomic mass is 19.2. The van der Waals surface area contributed by atoms with Crippen LogP contribution >= 0.6 is 0 Å². The molecule has 20 heavy (non-hydrogen) atoms. The molecule has 0 amide bonds. The van der Waals surface area contributed by atoms with Gasteiger partial charge in [-0.15, -0.1) is 0 Å². The summed E-state index contributed by atoms with van der Waals surface area (Å²) in [5, 5.41) is 0. The summed E-state index contributed by atoms with van der Waals surface area (Å²) in [6.07, 6.45) is 8.66. The Hall–Kier alpha value is -0.960. The molecule has 0 spiro atoms. The second-order valence-corrected chi connectivity index (χ2v) is 6.55. The van der Waals surface area contributed by atoms with E-state index in [0.717, 1.165) is 30.7 Å². The van der Waals surface area contributed by atoms with Crippen LogP contribution in [0.2, 0.25) is 0 Å². The van der Waals surface area contributed by atoms with Gasteiger partial charge >= 0.3 is 0 Å². The van der Waals surface area contributed by atoms with E-state index in [1.54, 1.807) is 12.1 Å². The number of hydrogen-bond acceptors (Lipinski definition) is 1. The van der Waals surface area contributed by atoms with Crippen molar-refractivity contribution in [1.82, 2.24) is 0 Å². The summed E-state index contributed by atoms with van der Waals surface area (Å²) in [7, 11) is 0. The van der Waals surface area contributed by atoms with E-state index in [1.807, 2.05) is 0 Å². The van der Waals surface area contributed by atoms with E-state index in [-0.39, 0.29) is 6.04 Å². The molecule has 3 rings (SSSR count). The van der Waals surface area contributed by atoms with Crippen molar-refractivity contribution in [2.75, 3.05) is 0 Å². The van der Waals surface area contributed by atoms with E-state index < -0.39 is 11.6 Å². The lowest BCUT2D eigenvalue weighted by Crippen LogP contribution is -2.33. The zero-order valence-electron chi connectivity index (χ0n) is 11.8. The van der Waals surface area contributed by atoms with Crippen molar-refractivity contribution < 1.29 is 8.78 Å². The summed E-state index contributed by atoms with van der Waals surface area (Å²) >= 11 is 0. The molecule has 4 unspecified atom stereocenters. The van der Waals surface area contributed by atoms with Gasteiger partial charge in [0.2, 0.25) is 0 Å². The molecule has 0 heterocycles. The van der Waals surface area contributed by atoms with Crippen molar-refractivity contribution in [1.29, 1.82) is 0 Å². The van der Waals surface area contributed by atoms with Crippen LogP contribution in [0.3, 0.4) is 0 Å². The molecule has 0 aliphatic heterocycles.